The summed E-state index contributed by atoms with van der Waals surface area (Å²) in [6, 6.07) is 11.6. The van der Waals surface area contributed by atoms with Crippen molar-refractivity contribution in [2.75, 3.05) is 13.2 Å². The van der Waals surface area contributed by atoms with Gasteiger partial charge in [0.15, 0.2) is 0 Å². The summed E-state index contributed by atoms with van der Waals surface area (Å²) in [6.07, 6.45) is 3.50. The quantitative estimate of drug-likeness (QED) is 0.544. The van der Waals surface area contributed by atoms with Gasteiger partial charge in [-0.3, -0.25) is 0 Å². The van der Waals surface area contributed by atoms with E-state index in [4.69, 9.17) is 14.0 Å². The third kappa shape index (κ3) is 13.8. The van der Waals surface area contributed by atoms with Crippen molar-refractivity contribution < 1.29 is 14.0 Å². The average molecular weight is 338 g/mol. The maximum Gasteiger partial charge on any atom is 0.124 e. The number of hydrogen-bond donors (Lipinski definition) is 0. The monoisotopic (exact) mass is 337 g/mol. The second-order valence-corrected chi connectivity index (χ2v) is 3.91. The number of unbranched alkanes of at least 4 members (excludes halogenated alkanes) is 1. The van der Waals surface area contributed by atoms with Crippen LogP contribution in [0.5, 0.6) is 5.75 Å². The molecule has 4 nitrogen and oxygen atoms in total. The summed E-state index contributed by atoms with van der Waals surface area (Å²) in [6.45, 7) is 13.9. The van der Waals surface area contributed by atoms with Gasteiger partial charge in [0.2, 0.25) is 0 Å². The first-order valence-corrected chi connectivity index (χ1v) is 9.10. The van der Waals surface area contributed by atoms with Gasteiger partial charge in [0.1, 0.15) is 17.7 Å². The van der Waals surface area contributed by atoms with Crippen LogP contribution in [0.4, 0.5) is 0 Å². The van der Waals surface area contributed by atoms with Gasteiger partial charge < -0.3 is 14.0 Å². The van der Waals surface area contributed by atoms with E-state index >= 15 is 0 Å². The van der Waals surface area contributed by atoms with Crippen LogP contribution in [0, 0.1) is 0 Å². The van der Waals surface area contributed by atoms with E-state index < -0.39 is 0 Å². The summed E-state index contributed by atoms with van der Waals surface area (Å²) in [5, 5.41) is 3.77. The molecule has 24 heavy (non-hydrogen) atoms. The minimum atomic E-state index is 0.510. The third-order valence-electron chi connectivity index (χ3n) is 2.44. The summed E-state index contributed by atoms with van der Waals surface area (Å²) in [5.74, 6) is 0.918. The van der Waals surface area contributed by atoms with Crippen molar-refractivity contribution >= 4 is 0 Å². The lowest BCUT2D eigenvalue weighted by molar-refractivity contribution is 0.109. The SMILES string of the molecule is CC.CC.CC.c1ccc(OCCCCOCc2ccon2)cc1. The number of aromatic nitrogens is 1. The molecule has 1 aromatic carbocycles. The Kier molecular flexibility index (Phi) is 21.6. The highest BCUT2D eigenvalue weighted by molar-refractivity contribution is 5.20. The Bertz CT molecular complexity index is 416. The Morgan fingerprint density at radius 1 is 0.833 bits per heavy atom. The van der Waals surface area contributed by atoms with Gasteiger partial charge in [-0.25, -0.2) is 0 Å². The zero-order chi connectivity index (χ0) is 18.5. The summed E-state index contributed by atoms with van der Waals surface area (Å²) < 4.78 is 15.7. The van der Waals surface area contributed by atoms with Crippen LogP contribution < -0.4 is 4.74 Å². The normalized spacial score (nSPS) is 8.58. The standard InChI is InChI=1S/C14H17NO3.3C2H6/c1-2-6-14(7-3-1)17-10-5-4-9-16-12-13-8-11-18-15-13;3*1-2/h1-3,6-8,11H,4-5,9-10,12H2;3*1-2H3. The van der Waals surface area contributed by atoms with E-state index in [1.165, 1.54) is 0 Å². The van der Waals surface area contributed by atoms with E-state index in [-0.39, 0.29) is 0 Å². The van der Waals surface area contributed by atoms with Crippen molar-refractivity contribution in [3.8, 4) is 5.75 Å². The zero-order valence-electron chi connectivity index (χ0n) is 16.2. The number of nitrogens with zero attached hydrogens (tertiary/aromatic N) is 1. The molecule has 0 fully saturated rings. The molecule has 0 aliphatic rings. The molecule has 0 saturated heterocycles. The lowest BCUT2D eigenvalue weighted by atomic mass is 10.3. The zero-order valence-corrected chi connectivity index (χ0v) is 16.2. The molecule has 138 valence electrons. The van der Waals surface area contributed by atoms with Gasteiger partial charge in [-0.05, 0) is 25.0 Å². The largest absolute Gasteiger partial charge is 0.494 e. The third-order valence-corrected chi connectivity index (χ3v) is 2.44. The van der Waals surface area contributed by atoms with Crippen molar-refractivity contribution in [2.45, 2.75) is 61.0 Å². The molecule has 0 aliphatic carbocycles. The van der Waals surface area contributed by atoms with E-state index in [1.807, 2.05) is 71.9 Å². The molecule has 1 heterocycles. The molecular weight excluding hydrogens is 302 g/mol. The minimum Gasteiger partial charge on any atom is -0.494 e. The Balaban J connectivity index is 0. The van der Waals surface area contributed by atoms with Crippen molar-refractivity contribution in [2.24, 2.45) is 0 Å². The van der Waals surface area contributed by atoms with Gasteiger partial charge in [0.05, 0.1) is 13.2 Å². The van der Waals surface area contributed by atoms with E-state index in [2.05, 4.69) is 5.16 Å². The summed E-state index contributed by atoms with van der Waals surface area (Å²) in [7, 11) is 0. The van der Waals surface area contributed by atoms with Gasteiger partial charge in [-0.15, -0.1) is 0 Å². The number of hydrogen-bond acceptors (Lipinski definition) is 4. The van der Waals surface area contributed by atoms with Crippen LogP contribution in [-0.4, -0.2) is 18.4 Å². The smallest absolute Gasteiger partial charge is 0.124 e. The molecular formula is C20H35NO3. The van der Waals surface area contributed by atoms with Gasteiger partial charge in [0, 0.05) is 12.7 Å². The number of para-hydroxylation sites is 1. The summed E-state index contributed by atoms with van der Waals surface area (Å²) in [4.78, 5) is 0. The fourth-order valence-corrected chi connectivity index (χ4v) is 1.50. The first-order valence-electron chi connectivity index (χ1n) is 9.10. The molecule has 0 radical (unpaired) electrons. The first kappa shape index (κ1) is 24.4. The highest BCUT2D eigenvalue weighted by Gasteiger charge is 1.96. The molecule has 0 atom stereocenters. The molecule has 0 aliphatic heterocycles. The molecule has 2 aromatic rings. The number of ether oxygens (including phenoxy) is 2. The summed E-state index contributed by atoms with van der Waals surface area (Å²) >= 11 is 0. The van der Waals surface area contributed by atoms with Crippen LogP contribution in [-0.2, 0) is 11.3 Å². The molecule has 0 bridgehead atoms. The van der Waals surface area contributed by atoms with Crippen LogP contribution >= 0.6 is 0 Å². The van der Waals surface area contributed by atoms with Crippen molar-refractivity contribution in [3.63, 3.8) is 0 Å². The summed E-state index contributed by atoms with van der Waals surface area (Å²) in [5.41, 5.74) is 0.829. The van der Waals surface area contributed by atoms with Gasteiger partial charge >= 0.3 is 0 Å². The Morgan fingerprint density at radius 2 is 1.46 bits per heavy atom. The predicted molar refractivity (Wildman–Crippen MR) is 101 cm³/mol. The molecule has 2 rings (SSSR count). The molecule has 0 spiro atoms. The second kappa shape index (κ2) is 21.2. The Hall–Kier alpha value is -1.81. The number of rotatable bonds is 8. The Morgan fingerprint density at radius 3 is 2.04 bits per heavy atom. The topological polar surface area (TPSA) is 44.5 Å². The maximum atomic E-state index is 5.58. The van der Waals surface area contributed by atoms with Crippen molar-refractivity contribution in [1.29, 1.82) is 0 Å². The van der Waals surface area contributed by atoms with Crippen LogP contribution in [0.15, 0.2) is 47.2 Å². The van der Waals surface area contributed by atoms with Gasteiger partial charge in [-0.1, -0.05) is 64.9 Å². The lowest BCUT2D eigenvalue weighted by Gasteiger charge is -2.05. The fraction of sp³-hybridized carbons (Fsp3) is 0.550. The van der Waals surface area contributed by atoms with Crippen molar-refractivity contribution in [1.82, 2.24) is 5.16 Å². The first-order chi connectivity index (χ1) is 11.9. The van der Waals surface area contributed by atoms with E-state index in [1.54, 1.807) is 12.3 Å². The predicted octanol–water partition coefficient (Wildman–Crippen LogP) is 6.13. The molecule has 0 saturated carbocycles. The van der Waals surface area contributed by atoms with Gasteiger partial charge in [-0.2, -0.15) is 0 Å². The maximum absolute atomic E-state index is 5.58. The van der Waals surface area contributed by atoms with Crippen LogP contribution in [0.2, 0.25) is 0 Å². The minimum absolute atomic E-state index is 0.510. The molecule has 4 heteroatoms. The molecule has 1 aromatic heterocycles. The molecule has 0 unspecified atom stereocenters. The van der Waals surface area contributed by atoms with E-state index in [0.717, 1.165) is 30.9 Å². The second-order valence-electron chi connectivity index (χ2n) is 3.91. The van der Waals surface area contributed by atoms with Crippen molar-refractivity contribution in [3.05, 3.63) is 48.4 Å². The van der Waals surface area contributed by atoms with Crippen LogP contribution in [0.3, 0.4) is 0 Å². The highest BCUT2D eigenvalue weighted by Crippen LogP contribution is 2.08. The molecule has 0 amide bonds. The highest BCUT2D eigenvalue weighted by atomic mass is 16.5. The lowest BCUT2D eigenvalue weighted by Crippen LogP contribution is -2.01. The van der Waals surface area contributed by atoms with Gasteiger partial charge in [0.25, 0.3) is 0 Å². The Labute approximate surface area is 148 Å². The average Bonchev–Trinajstić information content (AvgIpc) is 3.20. The number of benzene rings is 1. The van der Waals surface area contributed by atoms with E-state index in [9.17, 15) is 0 Å². The van der Waals surface area contributed by atoms with E-state index in [0.29, 0.717) is 13.2 Å². The van der Waals surface area contributed by atoms with Crippen LogP contribution in [0.25, 0.3) is 0 Å². The fourth-order valence-electron chi connectivity index (χ4n) is 1.50. The van der Waals surface area contributed by atoms with Crippen LogP contribution in [0.1, 0.15) is 60.1 Å². The molecule has 0 N–H and O–H groups in total.